The van der Waals surface area contributed by atoms with Crippen LogP contribution in [0.1, 0.15) is 22.8 Å². The van der Waals surface area contributed by atoms with Crippen molar-refractivity contribution in [1.29, 1.82) is 0 Å². The number of amides is 1. The minimum absolute atomic E-state index is 0.169. The molecule has 0 saturated carbocycles. The number of carbonyl (C=O) groups excluding carboxylic acids is 2. The van der Waals surface area contributed by atoms with Crippen LogP contribution in [-0.2, 0) is 4.79 Å². The molecular weight excluding hydrogens is 245 g/mol. The summed E-state index contributed by atoms with van der Waals surface area (Å²) in [6.07, 6.45) is 0. The quantitative estimate of drug-likeness (QED) is 0.859. The van der Waals surface area contributed by atoms with Crippen LogP contribution in [-0.4, -0.2) is 11.7 Å². The number of benzene rings is 2. The predicted molar refractivity (Wildman–Crippen MR) is 70.6 cm³/mol. The summed E-state index contributed by atoms with van der Waals surface area (Å²) in [7, 11) is 0. The van der Waals surface area contributed by atoms with Gasteiger partial charge in [0.2, 0.25) is 5.91 Å². The molecule has 0 unspecified atom stereocenters. The van der Waals surface area contributed by atoms with Gasteiger partial charge in [-0.2, -0.15) is 0 Å². The van der Waals surface area contributed by atoms with Crippen LogP contribution in [0.3, 0.4) is 0 Å². The Morgan fingerprint density at radius 1 is 0.895 bits per heavy atom. The molecule has 0 saturated heterocycles. The zero-order valence-corrected chi connectivity index (χ0v) is 10.3. The zero-order valence-electron chi connectivity index (χ0n) is 10.3. The van der Waals surface area contributed by atoms with Gasteiger partial charge >= 0.3 is 0 Å². The number of carbonyl (C=O) groups is 2. The molecule has 2 aromatic rings. The van der Waals surface area contributed by atoms with Crippen LogP contribution in [0.15, 0.2) is 48.5 Å². The molecular formula is C15H12FNO2. The lowest BCUT2D eigenvalue weighted by Gasteiger charge is -2.04. The number of nitrogens with one attached hydrogen (secondary N) is 1. The van der Waals surface area contributed by atoms with Gasteiger partial charge in [-0.3, -0.25) is 9.59 Å². The molecule has 4 heteroatoms. The van der Waals surface area contributed by atoms with Crippen molar-refractivity contribution in [1.82, 2.24) is 0 Å². The van der Waals surface area contributed by atoms with Gasteiger partial charge in [-0.25, -0.2) is 4.39 Å². The Morgan fingerprint density at radius 3 is 1.84 bits per heavy atom. The fourth-order valence-corrected chi connectivity index (χ4v) is 1.68. The molecule has 96 valence electrons. The van der Waals surface area contributed by atoms with E-state index in [0.717, 1.165) is 0 Å². The van der Waals surface area contributed by atoms with Gasteiger partial charge in [-0.05, 0) is 48.5 Å². The highest BCUT2D eigenvalue weighted by Gasteiger charge is 2.09. The monoisotopic (exact) mass is 257 g/mol. The smallest absolute Gasteiger partial charge is 0.221 e. The Hall–Kier alpha value is -2.49. The largest absolute Gasteiger partial charge is 0.326 e. The molecule has 1 N–H and O–H groups in total. The molecule has 0 heterocycles. The van der Waals surface area contributed by atoms with Gasteiger partial charge in [0, 0.05) is 23.7 Å². The second-order valence-electron chi connectivity index (χ2n) is 4.09. The molecule has 0 fully saturated rings. The van der Waals surface area contributed by atoms with E-state index in [9.17, 15) is 14.0 Å². The van der Waals surface area contributed by atoms with Crippen molar-refractivity contribution in [2.24, 2.45) is 0 Å². The molecule has 2 rings (SSSR count). The van der Waals surface area contributed by atoms with Crippen LogP contribution in [0.4, 0.5) is 10.1 Å². The van der Waals surface area contributed by atoms with E-state index in [1.807, 2.05) is 0 Å². The summed E-state index contributed by atoms with van der Waals surface area (Å²) < 4.78 is 12.8. The highest BCUT2D eigenvalue weighted by atomic mass is 19.1. The molecule has 0 aliphatic carbocycles. The van der Waals surface area contributed by atoms with Crippen LogP contribution in [0.5, 0.6) is 0 Å². The van der Waals surface area contributed by atoms with Crippen molar-refractivity contribution in [2.75, 3.05) is 5.32 Å². The van der Waals surface area contributed by atoms with Crippen LogP contribution >= 0.6 is 0 Å². The van der Waals surface area contributed by atoms with Gasteiger partial charge in [0.15, 0.2) is 5.78 Å². The number of ketones is 1. The molecule has 3 nitrogen and oxygen atoms in total. The van der Waals surface area contributed by atoms with E-state index >= 15 is 0 Å². The van der Waals surface area contributed by atoms with Crippen molar-refractivity contribution in [3.8, 4) is 0 Å². The maximum Gasteiger partial charge on any atom is 0.221 e. The fraction of sp³-hybridized carbons (Fsp3) is 0.0667. The third kappa shape index (κ3) is 3.25. The Balaban J connectivity index is 2.20. The van der Waals surface area contributed by atoms with Crippen molar-refractivity contribution in [3.05, 3.63) is 65.5 Å². The molecule has 19 heavy (non-hydrogen) atoms. The number of anilines is 1. The normalized spacial score (nSPS) is 10.0. The highest BCUT2D eigenvalue weighted by molar-refractivity contribution is 6.09. The first-order chi connectivity index (χ1) is 9.06. The predicted octanol–water partition coefficient (Wildman–Crippen LogP) is 3.02. The highest BCUT2D eigenvalue weighted by Crippen LogP contribution is 2.14. The van der Waals surface area contributed by atoms with Crippen LogP contribution in [0.2, 0.25) is 0 Å². The third-order valence-corrected chi connectivity index (χ3v) is 2.57. The number of hydrogen-bond acceptors (Lipinski definition) is 2. The Kier molecular flexibility index (Phi) is 3.71. The van der Waals surface area contributed by atoms with Gasteiger partial charge in [-0.1, -0.05) is 0 Å². The van der Waals surface area contributed by atoms with Crippen molar-refractivity contribution in [2.45, 2.75) is 6.92 Å². The van der Waals surface area contributed by atoms with Gasteiger partial charge in [-0.15, -0.1) is 0 Å². The molecule has 0 spiro atoms. The topological polar surface area (TPSA) is 46.2 Å². The van der Waals surface area contributed by atoms with E-state index in [4.69, 9.17) is 0 Å². The molecule has 0 aliphatic heterocycles. The summed E-state index contributed by atoms with van der Waals surface area (Å²) >= 11 is 0. The molecule has 2 aromatic carbocycles. The summed E-state index contributed by atoms with van der Waals surface area (Å²) in [5.74, 6) is -0.732. The minimum atomic E-state index is -0.377. The molecule has 1 amide bonds. The second kappa shape index (κ2) is 5.44. The number of halogens is 1. The summed E-state index contributed by atoms with van der Waals surface area (Å²) in [6.45, 7) is 1.41. The SMILES string of the molecule is CC(=O)Nc1ccc(C(=O)c2ccc(F)cc2)cc1. The maximum absolute atomic E-state index is 12.8. The fourth-order valence-electron chi connectivity index (χ4n) is 1.68. The Bertz CT molecular complexity index is 603. The standard InChI is InChI=1S/C15H12FNO2/c1-10(18)17-14-8-4-12(5-9-14)15(19)11-2-6-13(16)7-3-11/h2-9H,1H3,(H,17,18). The lowest BCUT2D eigenvalue weighted by molar-refractivity contribution is -0.114. The molecule has 0 aliphatic rings. The van der Waals surface area contributed by atoms with E-state index < -0.39 is 0 Å². The van der Waals surface area contributed by atoms with E-state index in [1.54, 1.807) is 24.3 Å². The van der Waals surface area contributed by atoms with Crippen molar-refractivity contribution >= 4 is 17.4 Å². The van der Waals surface area contributed by atoms with Crippen LogP contribution < -0.4 is 5.32 Å². The number of hydrogen-bond donors (Lipinski definition) is 1. The number of rotatable bonds is 3. The van der Waals surface area contributed by atoms with Gasteiger partial charge in [0.25, 0.3) is 0 Å². The first kappa shape index (κ1) is 13.0. The van der Waals surface area contributed by atoms with Crippen LogP contribution in [0, 0.1) is 5.82 Å². The maximum atomic E-state index is 12.8. The lowest BCUT2D eigenvalue weighted by Crippen LogP contribution is -2.06. The first-order valence-electron chi connectivity index (χ1n) is 5.74. The van der Waals surface area contributed by atoms with E-state index in [2.05, 4.69) is 5.32 Å². The molecule has 0 bridgehead atoms. The van der Waals surface area contributed by atoms with Crippen molar-refractivity contribution in [3.63, 3.8) is 0 Å². The van der Waals surface area contributed by atoms with Crippen LogP contribution in [0.25, 0.3) is 0 Å². The summed E-state index contributed by atoms with van der Waals surface area (Å²) in [5.41, 5.74) is 1.54. The Labute approximate surface area is 110 Å². The molecule has 0 aromatic heterocycles. The van der Waals surface area contributed by atoms with E-state index in [1.165, 1.54) is 31.2 Å². The third-order valence-electron chi connectivity index (χ3n) is 2.57. The minimum Gasteiger partial charge on any atom is -0.326 e. The molecule has 0 atom stereocenters. The average Bonchev–Trinajstić information content (AvgIpc) is 2.39. The zero-order chi connectivity index (χ0) is 13.8. The average molecular weight is 257 g/mol. The first-order valence-corrected chi connectivity index (χ1v) is 5.74. The van der Waals surface area contributed by atoms with Gasteiger partial charge < -0.3 is 5.32 Å². The van der Waals surface area contributed by atoms with Gasteiger partial charge in [0.1, 0.15) is 5.82 Å². The molecule has 0 radical (unpaired) electrons. The van der Waals surface area contributed by atoms with Gasteiger partial charge in [0.05, 0.1) is 0 Å². The second-order valence-corrected chi connectivity index (χ2v) is 4.09. The van der Waals surface area contributed by atoms with E-state index in [0.29, 0.717) is 16.8 Å². The van der Waals surface area contributed by atoms with Crippen molar-refractivity contribution < 1.29 is 14.0 Å². The summed E-state index contributed by atoms with van der Waals surface area (Å²) in [4.78, 5) is 23.0. The summed E-state index contributed by atoms with van der Waals surface area (Å²) in [6, 6.07) is 11.9. The lowest BCUT2D eigenvalue weighted by atomic mass is 10.0. The Morgan fingerprint density at radius 2 is 1.37 bits per heavy atom. The van der Waals surface area contributed by atoms with E-state index in [-0.39, 0.29) is 17.5 Å². The summed E-state index contributed by atoms with van der Waals surface area (Å²) in [5, 5.41) is 2.62.